The minimum atomic E-state index is -0.195. The highest BCUT2D eigenvalue weighted by atomic mass is 35.5. The number of hydrogen-bond donors (Lipinski definition) is 0. The van der Waals surface area contributed by atoms with Crippen molar-refractivity contribution in [1.82, 2.24) is 9.47 Å². The fraction of sp³-hybridized carbons (Fsp3) is 0.200. The Hall–Kier alpha value is -2.79. The van der Waals surface area contributed by atoms with E-state index in [1.54, 1.807) is 41.4 Å². The summed E-state index contributed by atoms with van der Waals surface area (Å²) >= 11 is 6.01. The molecular formula is C20H19ClN2O3. The van der Waals surface area contributed by atoms with Crippen LogP contribution in [0.3, 0.4) is 0 Å². The summed E-state index contributed by atoms with van der Waals surface area (Å²) in [6.45, 7) is 3.19. The van der Waals surface area contributed by atoms with Crippen LogP contribution in [0.25, 0.3) is 0 Å². The van der Waals surface area contributed by atoms with E-state index in [0.29, 0.717) is 23.9 Å². The molecule has 0 saturated heterocycles. The molecule has 0 aliphatic rings. The van der Waals surface area contributed by atoms with E-state index in [0.717, 1.165) is 5.56 Å². The average molecular weight is 371 g/mol. The number of halogens is 1. The Morgan fingerprint density at radius 3 is 2.73 bits per heavy atom. The summed E-state index contributed by atoms with van der Waals surface area (Å²) in [5.74, 6) is 0.618. The molecule has 0 aliphatic carbocycles. The molecule has 3 aromatic rings. The van der Waals surface area contributed by atoms with Gasteiger partial charge in [0.05, 0.1) is 6.54 Å². The maximum Gasteiger partial charge on any atom is 0.289 e. The predicted molar refractivity (Wildman–Crippen MR) is 100 cm³/mol. The first-order valence-electron chi connectivity index (χ1n) is 8.34. The summed E-state index contributed by atoms with van der Waals surface area (Å²) in [6, 6.07) is 15.7. The summed E-state index contributed by atoms with van der Waals surface area (Å²) in [7, 11) is 0. The number of rotatable bonds is 6. The summed E-state index contributed by atoms with van der Waals surface area (Å²) < 4.78 is 7.20. The normalized spacial score (nSPS) is 10.7. The van der Waals surface area contributed by atoms with Crippen LogP contribution in [0.4, 0.5) is 0 Å². The molecule has 1 amide bonds. The first kappa shape index (κ1) is 18.0. The van der Waals surface area contributed by atoms with Crippen molar-refractivity contribution in [1.29, 1.82) is 0 Å². The van der Waals surface area contributed by atoms with Gasteiger partial charge in [0.15, 0.2) is 5.76 Å². The molecule has 2 aromatic heterocycles. The monoisotopic (exact) mass is 370 g/mol. The molecule has 0 spiro atoms. The molecule has 0 aliphatic heterocycles. The van der Waals surface area contributed by atoms with Crippen molar-refractivity contribution in [2.75, 3.05) is 6.54 Å². The van der Waals surface area contributed by atoms with Gasteiger partial charge in [0.1, 0.15) is 5.76 Å². The number of amides is 1. The second-order valence-electron chi connectivity index (χ2n) is 5.88. The highest BCUT2D eigenvalue weighted by Gasteiger charge is 2.18. The molecule has 0 fully saturated rings. The van der Waals surface area contributed by atoms with Crippen LogP contribution in [0.2, 0.25) is 5.02 Å². The number of carbonyl (C=O) groups is 1. The van der Waals surface area contributed by atoms with Gasteiger partial charge in [0, 0.05) is 30.4 Å². The number of carbonyl (C=O) groups excluding carboxylic acids is 1. The highest BCUT2D eigenvalue weighted by Crippen LogP contribution is 2.16. The van der Waals surface area contributed by atoms with Crippen molar-refractivity contribution < 1.29 is 9.21 Å². The van der Waals surface area contributed by atoms with E-state index in [-0.39, 0.29) is 23.8 Å². The molecule has 3 rings (SSSR count). The SMILES string of the molecule is CCN(Cc1cccc(Cl)c1)C(=O)c1ccc(Cn2ccccc2=O)o1. The molecule has 134 valence electrons. The number of hydrogen-bond acceptors (Lipinski definition) is 3. The molecule has 1 aromatic carbocycles. The molecule has 0 radical (unpaired) electrons. The summed E-state index contributed by atoms with van der Waals surface area (Å²) in [5, 5.41) is 0.639. The van der Waals surface area contributed by atoms with Gasteiger partial charge >= 0.3 is 0 Å². The Morgan fingerprint density at radius 1 is 1.15 bits per heavy atom. The molecule has 0 bridgehead atoms. The first-order valence-corrected chi connectivity index (χ1v) is 8.72. The largest absolute Gasteiger partial charge is 0.454 e. The van der Waals surface area contributed by atoms with Gasteiger partial charge in [-0.2, -0.15) is 0 Å². The van der Waals surface area contributed by atoms with Crippen molar-refractivity contribution in [3.05, 3.63) is 93.3 Å². The predicted octanol–water partition coefficient (Wildman–Crippen LogP) is 3.81. The lowest BCUT2D eigenvalue weighted by atomic mass is 10.2. The number of furan rings is 1. The smallest absolute Gasteiger partial charge is 0.289 e. The van der Waals surface area contributed by atoms with E-state index in [2.05, 4.69) is 0 Å². The zero-order valence-electron chi connectivity index (χ0n) is 14.4. The Labute approximate surface area is 156 Å². The van der Waals surface area contributed by atoms with Gasteiger partial charge in [-0.05, 0) is 42.8 Å². The number of benzene rings is 1. The van der Waals surface area contributed by atoms with Crippen LogP contribution in [0.1, 0.15) is 28.8 Å². The topological polar surface area (TPSA) is 55.5 Å². The first-order chi connectivity index (χ1) is 12.6. The lowest BCUT2D eigenvalue weighted by molar-refractivity contribution is 0.0718. The van der Waals surface area contributed by atoms with Crippen LogP contribution in [-0.2, 0) is 13.1 Å². The maximum absolute atomic E-state index is 12.7. The lowest BCUT2D eigenvalue weighted by Gasteiger charge is -2.19. The van der Waals surface area contributed by atoms with Gasteiger partial charge in [-0.15, -0.1) is 0 Å². The van der Waals surface area contributed by atoms with E-state index in [1.807, 2.05) is 25.1 Å². The minimum absolute atomic E-state index is 0.118. The zero-order valence-corrected chi connectivity index (χ0v) is 15.1. The molecule has 5 nitrogen and oxygen atoms in total. The Kier molecular flexibility index (Phi) is 5.58. The van der Waals surface area contributed by atoms with E-state index in [9.17, 15) is 9.59 Å². The van der Waals surface area contributed by atoms with E-state index in [4.69, 9.17) is 16.0 Å². The lowest BCUT2D eigenvalue weighted by Crippen LogP contribution is -2.30. The van der Waals surface area contributed by atoms with Crippen LogP contribution < -0.4 is 5.56 Å². The molecule has 26 heavy (non-hydrogen) atoms. The van der Waals surface area contributed by atoms with Gasteiger partial charge in [-0.3, -0.25) is 9.59 Å². The van der Waals surface area contributed by atoms with E-state index >= 15 is 0 Å². The van der Waals surface area contributed by atoms with Crippen LogP contribution in [0, 0.1) is 0 Å². The van der Waals surface area contributed by atoms with Crippen LogP contribution in [-0.4, -0.2) is 21.9 Å². The molecule has 2 heterocycles. The summed E-state index contributed by atoms with van der Waals surface area (Å²) in [5.41, 5.74) is 0.836. The standard InChI is InChI=1S/C20H19ClN2O3/c1-2-22(13-15-6-5-7-16(21)12-15)20(25)18-10-9-17(26-18)14-23-11-4-3-8-19(23)24/h3-12H,2,13-14H2,1H3. The second-order valence-corrected chi connectivity index (χ2v) is 6.32. The highest BCUT2D eigenvalue weighted by molar-refractivity contribution is 6.30. The van der Waals surface area contributed by atoms with Gasteiger partial charge in [-0.1, -0.05) is 29.8 Å². The van der Waals surface area contributed by atoms with Crippen molar-refractivity contribution in [3.8, 4) is 0 Å². The summed E-state index contributed by atoms with van der Waals surface area (Å²) in [6.07, 6.45) is 1.68. The summed E-state index contributed by atoms with van der Waals surface area (Å²) in [4.78, 5) is 26.2. The number of aromatic nitrogens is 1. The van der Waals surface area contributed by atoms with Crippen LogP contribution >= 0.6 is 11.6 Å². The molecule has 6 heteroatoms. The van der Waals surface area contributed by atoms with Crippen molar-refractivity contribution in [3.63, 3.8) is 0 Å². The maximum atomic E-state index is 12.7. The van der Waals surface area contributed by atoms with E-state index in [1.165, 1.54) is 10.6 Å². The fourth-order valence-electron chi connectivity index (χ4n) is 2.68. The van der Waals surface area contributed by atoms with Crippen LogP contribution in [0.15, 0.2) is 70.0 Å². The molecule has 0 unspecified atom stereocenters. The van der Waals surface area contributed by atoms with Gasteiger partial charge in [0.25, 0.3) is 11.5 Å². The van der Waals surface area contributed by atoms with Crippen molar-refractivity contribution in [2.24, 2.45) is 0 Å². The van der Waals surface area contributed by atoms with Gasteiger partial charge < -0.3 is 13.9 Å². The third-order valence-electron chi connectivity index (χ3n) is 4.03. The third-order valence-corrected chi connectivity index (χ3v) is 4.26. The number of pyridine rings is 1. The third kappa shape index (κ3) is 4.24. The van der Waals surface area contributed by atoms with Crippen molar-refractivity contribution >= 4 is 17.5 Å². The van der Waals surface area contributed by atoms with Crippen molar-refractivity contribution in [2.45, 2.75) is 20.0 Å². The zero-order chi connectivity index (χ0) is 18.5. The Morgan fingerprint density at radius 2 is 2.00 bits per heavy atom. The van der Waals surface area contributed by atoms with Crippen LogP contribution in [0.5, 0.6) is 0 Å². The average Bonchev–Trinajstić information content (AvgIpc) is 3.10. The molecule has 0 saturated carbocycles. The minimum Gasteiger partial charge on any atom is -0.454 e. The fourth-order valence-corrected chi connectivity index (χ4v) is 2.89. The quantitative estimate of drug-likeness (QED) is 0.663. The molecule has 0 N–H and O–H groups in total. The van der Waals surface area contributed by atoms with Gasteiger partial charge in [0.2, 0.25) is 0 Å². The Balaban J connectivity index is 1.73. The second kappa shape index (κ2) is 8.06. The molecule has 0 atom stereocenters. The Bertz CT molecular complexity index is 961. The van der Waals surface area contributed by atoms with Gasteiger partial charge in [-0.25, -0.2) is 0 Å². The van der Waals surface area contributed by atoms with E-state index < -0.39 is 0 Å². The number of nitrogens with zero attached hydrogens (tertiary/aromatic N) is 2. The molecular weight excluding hydrogens is 352 g/mol.